The molecule has 0 aromatic carbocycles. The molecule has 0 amide bonds. The minimum Gasteiger partial charge on any atom is -0.385 e. The Hall–Kier alpha value is -0.160. The second kappa shape index (κ2) is 10.6. The molecular formula is C16H34N2O2. The van der Waals surface area contributed by atoms with Gasteiger partial charge in [-0.05, 0) is 18.8 Å². The van der Waals surface area contributed by atoms with Crippen LogP contribution in [0, 0.1) is 5.92 Å². The summed E-state index contributed by atoms with van der Waals surface area (Å²) in [5, 5.41) is 3.68. The van der Waals surface area contributed by atoms with Gasteiger partial charge < -0.3 is 14.8 Å². The first kappa shape index (κ1) is 17.9. The van der Waals surface area contributed by atoms with E-state index in [1.54, 1.807) is 7.11 Å². The molecule has 4 heteroatoms. The molecule has 0 saturated carbocycles. The van der Waals surface area contributed by atoms with Gasteiger partial charge in [-0.2, -0.15) is 0 Å². The van der Waals surface area contributed by atoms with E-state index in [0.717, 1.165) is 51.8 Å². The highest BCUT2D eigenvalue weighted by molar-refractivity contribution is 4.87. The van der Waals surface area contributed by atoms with Gasteiger partial charge in [0.25, 0.3) is 0 Å². The van der Waals surface area contributed by atoms with Crippen molar-refractivity contribution in [3.63, 3.8) is 0 Å². The lowest BCUT2D eigenvalue weighted by atomic mass is 9.94. The zero-order valence-electron chi connectivity index (χ0n) is 13.9. The monoisotopic (exact) mass is 286 g/mol. The molecule has 20 heavy (non-hydrogen) atoms. The first-order valence-corrected chi connectivity index (χ1v) is 8.27. The molecule has 0 aromatic rings. The molecule has 1 saturated heterocycles. The normalized spacial score (nSPS) is 25.8. The van der Waals surface area contributed by atoms with Gasteiger partial charge in [0.15, 0.2) is 0 Å². The van der Waals surface area contributed by atoms with E-state index in [9.17, 15) is 0 Å². The lowest BCUT2D eigenvalue weighted by Gasteiger charge is -2.43. The summed E-state index contributed by atoms with van der Waals surface area (Å²) in [4.78, 5) is 2.63. The van der Waals surface area contributed by atoms with Gasteiger partial charge >= 0.3 is 0 Å². The smallest absolute Gasteiger partial charge is 0.0593 e. The van der Waals surface area contributed by atoms with Crippen LogP contribution in [0.1, 0.15) is 40.0 Å². The molecular weight excluding hydrogens is 252 g/mol. The fourth-order valence-electron chi connectivity index (χ4n) is 2.85. The van der Waals surface area contributed by atoms with E-state index in [-0.39, 0.29) is 0 Å². The minimum atomic E-state index is 0.642. The van der Waals surface area contributed by atoms with Gasteiger partial charge in [0.05, 0.1) is 6.61 Å². The van der Waals surface area contributed by atoms with Crippen LogP contribution < -0.4 is 5.32 Å². The predicted molar refractivity (Wildman–Crippen MR) is 84.2 cm³/mol. The summed E-state index contributed by atoms with van der Waals surface area (Å²) in [6.07, 6.45) is 3.44. The molecule has 0 aliphatic carbocycles. The molecule has 3 unspecified atom stereocenters. The van der Waals surface area contributed by atoms with E-state index >= 15 is 0 Å². The average molecular weight is 286 g/mol. The van der Waals surface area contributed by atoms with Crippen LogP contribution in [-0.2, 0) is 9.47 Å². The zero-order chi connectivity index (χ0) is 14.8. The summed E-state index contributed by atoms with van der Waals surface area (Å²) in [7, 11) is 1.74. The lowest BCUT2D eigenvalue weighted by molar-refractivity contribution is 0.0405. The van der Waals surface area contributed by atoms with Crippen LogP contribution in [0.2, 0.25) is 0 Å². The minimum absolute atomic E-state index is 0.642. The van der Waals surface area contributed by atoms with E-state index in [0.29, 0.717) is 12.1 Å². The highest BCUT2D eigenvalue weighted by Gasteiger charge is 2.29. The van der Waals surface area contributed by atoms with Gasteiger partial charge in [0.1, 0.15) is 0 Å². The Labute approximate surface area is 125 Å². The van der Waals surface area contributed by atoms with Crippen molar-refractivity contribution in [1.82, 2.24) is 10.2 Å². The molecule has 1 aliphatic heterocycles. The molecule has 3 atom stereocenters. The van der Waals surface area contributed by atoms with Crippen molar-refractivity contribution in [3.8, 4) is 0 Å². The van der Waals surface area contributed by atoms with E-state index < -0.39 is 0 Å². The fourth-order valence-corrected chi connectivity index (χ4v) is 2.85. The van der Waals surface area contributed by atoms with E-state index in [1.165, 1.54) is 12.8 Å². The Morgan fingerprint density at radius 2 is 2.05 bits per heavy atom. The Kier molecular flexibility index (Phi) is 9.44. The molecule has 1 aliphatic rings. The predicted octanol–water partition coefficient (Wildman–Crippen LogP) is 2.14. The third kappa shape index (κ3) is 6.08. The highest BCUT2D eigenvalue weighted by atomic mass is 16.5. The van der Waals surface area contributed by atoms with Gasteiger partial charge in [-0.15, -0.1) is 0 Å². The number of piperazine rings is 1. The van der Waals surface area contributed by atoms with Gasteiger partial charge in [-0.3, -0.25) is 4.90 Å². The van der Waals surface area contributed by atoms with Crippen LogP contribution in [0.25, 0.3) is 0 Å². The van der Waals surface area contributed by atoms with Crippen molar-refractivity contribution >= 4 is 0 Å². The number of nitrogens with one attached hydrogen (secondary N) is 1. The quantitative estimate of drug-likeness (QED) is 0.624. The van der Waals surface area contributed by atoms with E-state index in [2.05, 4.69) is 31.0 Å². The maximum absolute atomic E-state index is 5.73. The van der Waals surface area contributed by atoms with E-state index in [1.807, 2.05) is 0 Å². The summed E-state index contributed by atoms with van der Waals surface area (Å²) in [5.41, 5.74) is 0. The Morgan fingerprint density at radius 3 is 2.70 bits per heavy atom. The van der Waals surface area contributed by atoms with Gasteiger partial charge in [-0.25, -0.2) is 0 Å². The van der Waals surface area contributed by atoms with Gasteiger partial charge in [0, 0.05) is 52.0 Å². The van der Waals surface area contributed by atoms with Gasteiger partial charge in [0.2, 0.25) is 0 Å². The van der Waals surface area contributed by atoms with Crippen LogP contribution in [0.5, 0.6) is 0 Å². The third-order valence-electron chi connectivity index (χ3n) is 4.49. The summed E-state index contributed by atoms with van der Waals surface area (Å²) >= 11 is 0. The van der Waals surface area contributed by atoms with Crippen molar-refractivity contribution < 1.29 is 9.47 Å². The topological polar surface area (TPSA) is 33.7 Å². The highest BCUT2D eigenvalue weighted by Crippen LogP contribution is 2.18. The standard InChI is InChI=1S/C16H34N2O2/c1-5-14(3)16-12-17-15(6-2)13-18(16)8-11-20-10-7-9-19-4/h14-17H,5-13H2,1-4H3. The average Bonchev–Trinajstić information content (AvgIpc) is 2.49. The van der Waals surface area contributed by atoms with Crippen molar-refractivity contribution in [3.05, 3.63) is 0 Å². The molecule has 1 rings (SSSR count). The first-order valence-electron chi connectivity index (χ1n) is 8.27. The molecule has 1 N–H and O–H groups in total. The van der Waals surface area contributed by atoms with Crippen molar-refractivity contribution in [2.24, 2.45) is 5.92 Å². The number of nitrogens with zero attached hydrogens (tertiary/aromatic N) is 1. The zero-order valence-corrected chi connectivity index (χ0v) is 13.9. The van der Waals surface area contributed by atoms with E-state index in [4.69, 9.17) is 9.47 Å². The molecule has 1 heterocycles. The molecule has 0 spiro atoms. The number of rotatable bonds is 10. The molecule has 4 nitrogen and oxygen atoms in total. The second-order valence-corrected chi connectivity index (χ2v) is 5.92. The number of methoxy groups -OCH3 is 1. The Morgan fingerprint density at radius 1 is 1.25 bits per heavy atom. The maximum Gasteiger partial charge on any atom is 0.0593 e. The van der Waals surface area contributed by atoms with Crippen LogP contribution >= 0.6 is 0 Å². The molecule has 0 bridgehead atoms. The van der Waals surface area contributed by atoms with Crippen molar-refractivity contribution in [2.45, 2.75) is 52.1 Å². The maximum atomic E-state index is 5.73. The Balaban J connectivity index is 2.32. The van der Waals surface area contributed by atoms with Gasteiger partial charge in [-0.1, -0.05) is 27.2 Å². The van der Waals surface area contributed by atoms with Crippen molar-refractivity contribution in [1.29, 1.82) is 0 Å². The number of ether oxygens (including phenoxy) is 2. The van der Waals surface area contributed by atoms with Crippen LogP contribution in [-0.4, -0.2) is 63.5 Å². The van der Waals surface area contributed by atoms with Crippen LogP contribution in [0.15, 0.2) is 0 Å². The van der Waals surface area contributed by atoms with Crippen LogP contribution in [0.3, 0.4) is 0 Å². The molecule has 0 radical (unpaired) electrons. The third-order valence-corrected chi connectivity index (χ3v) is 4.49. The summed E-state index contributed by atoms with van der Waals surface area (Å²) in [6.45, 7) is 12.7. The lowest BCUT2D eigenvalue weighted by Crippen LogP contribution is -2.58. The number of hydrogen-bond donors (Lipinski definition) is 1. The second-order valence-electron chi connectivity index (χ2n) is 5.92. The van der Waals surface area contributed by atoms with Crippen LogP contribution in [0.4, 0.5) is 0 Å². The first-order chi connectivity index (χ1) is 9.72. The molecule has 1 fully saturated rings. The summed E-state index contributed by atoms with van der Waals surface area (Å²) < 4.78 is 10.8. The molecule has 120 valence electrons. The summed E-state index contributed by atoms with van der Waals surface area (Å²) in [5.74, 6) is 0.744. The Bertz CT molecular complexity index is 239. The largest absolute Gasteiger partial charge is 0.385 e. The SMILES string of the molecule is CCC1CN(CCOCCCOC)C(C(C)CC)CN1. The number of hydrogen-bond acceptors (Lipinski definition) is 4. The molecule has 0 aromatic heterocycles. The summed E-state index contributed by atoms with van der Waals surface area (Å²) in [6, 6.07) is 1.30. The fraction of sp³-hybridized carbons (Fsp3) is 1.00. The van der Waals surface area contributed by atoms with Crippen molar-refractivity contribution in [2.75, 3.05) is 46.6 Å².